The number of benzene rings is 1. The Morgan fingerprint density at radius 1 is 1.17 bits per heavy atom. The standard InChI is InChI=1S/C12H18/c1-9-7-6-8-10(2)11(9)12(3,4)5/h6-8H,1-5H3/i1D3. The lowest BCUT2D eigenvalue weighted by atomic mass is 9.81. The Morgan fingerprint density at radius 3 is 2.17 bits per heavy atom. The third-order valence-electron chi connectivity index (χ3n) is 2.02. The van der Waals surface area contributed by atoms with Gasteiger partial charge >= 0.3 is 0 Å². The van der Waals surface area contributed by atoms with Gasteiger partial charge in [0.1, 0.15) is 0 Å². The summed E-state index contributed by atoms with van der Waals surface area (Å²) in [6.07, 6.45) is 0. The Balaban J connectivity index is 3.48. The summed E-state index contributed by atoms with van der Waals surface area (Å²) >= 11 is 0. The van der Waals surface area contributed by atoms with Crippen LogP contribution in [0.3, 0.4) is 0 Å². The van der Waals surface area contributed by atoms with Crippen molar-refractivity contribution in [3.05, 3.63) is 34.9 Å². The molecule has 0 aliphatic carbocycles. The van der Waals surface area contributed by atoms with Crippen molar-refractivity contribution in [2.24, 2.45) is 0 Å². The molecule has 0 fully saturated rings. The molecular formula is C12H18. The minimum atomic E-state index is -2.02. The predicted octanol–water partition coefficient (Wildman–Crippen LogP) is 3.60. The van der Waals surface area contributed by atoms with E-state index in [1.807, 2.05) is 39.8 Å². The van der Waals surface area contributed by atoms with Crippen LogP contribution in [0.4, 0.5) is 0 Å². The van der Waals surface area contributed by atoms with Crippen LogP contribution in [-0.2, 0) is 5.41 Å². The lowest BCUT2D eigenvalue weighted by Gasteiger charge is -2.23. The zero-order chi connectivity index (χ0) is 11.9. The second-order valence-corrected chi connectivity index (χ2v) is 4.25. The molecule has 0 spiro atoms. The summed E-state index contributed by atoms with van der Waals surface area (Å²) < 4.78 is 22.6. The van der Waals surface area contributed by atoms with Gasteiger partial charge in [-0.2, -0.15) is 0 Å². The van der Waals surface area contributed by atoms with Gasteiger partial charge < -0.3 is 0 Å². The molecule has 0 aromatic heterocycles. The van der Waals surface area contributed by atoms with Gasteiger partial charge in [-0.05, 0) is 35.9 Å². The maximum absolute atomic E-state index is 7.52. The molecule has 0 heterocycles. The first-order chi connectivity index (χ1) is 6.64. The van der Waals surface area contributed by atoms with Crippen molar-refractivity contribution in [3.8, 4) is 0 Å². The molecule has 0 nitrogen and oxygen atoms in total. The SMILES string of the molecule is [2H]C([2H])([2H])c1cccc(C)c1C(C)(C)C. The summed E-state index contributed by atoms with van der Waals surface area (Å²) in [6.45, 7) is 6.09. The van der Waals surface area contributed by atoms with Gasteiger partial charge in [0, 0.05) is 4.11 Å². The molecule has 0 atom stereocenters. The number of hydrogen-bond donors (Lipinski definition) is 0. The molecule has 0 amide bonds. The fraction of sp³-hybridized carbons (Fsp3) is 0.500. The Morgan fingerprint density at radius 2 is 1.75 bits per heavy atom. The van der Waals surface area contributed by atoms with Crippen LogP contribution >= 0.6 is 0 Å². The van der Waals surface area contributed by atoms with E-state index in [2.05, 4.69) is 0 Å². The Hall–Kier alpha value is -0.780. The second-order valence-electron chi connectivity index (χ2n) is 4.25. The molecule has 0 aliphatic heterocycles. The van der Waals surface area contributed by atoms with E-state index >= 15 is 0 Å². The van der Waals surface area contributed by atoms with Crippen LogP contribution in [0.15, 0.2) is 18.2 Å². The average Bonchev–Trinajstić information content (AvgIpc) is 1.99. The third kappa shape index (κ3) is 1.69. The summed E-state index contributed by atoms with van der Waals surface area (Å²) in [5.41, 5.74) is 2.35. The van der Waals surface area contributed by atoms with Crippen LogP contribution in [-0.4, -0.2) is 0 Å². The smallest absolute Gasteiger partial charge is 0.0280 e. The van der Waals surface area contributed by atoms with Gasteiger partial charge in [0.2, 0.25) is 0 Å². The zero-order valence-electron chi connectivity index (χ0n) is 11.2. The topological polar surface area (TPSA) is 0 Å². The van der Waals surface area contributed by atoms with Crippen LogP contribution in [0.25, 0.3) is 0 Å². The second kappa shape index (κ2) is 2.93. The zero-order valence-corrected chi connectivity index (χ0v) is 8.23. The summed E-state index contributed by atoms with van der Waals surface area (Å²) in [7, 11) is 0. The summed E-state index contributed by atoms with van der Waals surface area (Å²) in [5.74, 6) is 0. The largest absolute Gasteiger partial charge is 0.0617 e. The molecule has 0 radical (unpaired) electrons. The van der Waals surface area contributed by atoms with E-state index in [1.165, 1.54) is 0 Å². The van der Waals surface area contributed by atoms with Gasteiger partial charge in [0.15, 0.2) is 0 Å². The molecule has 0 heteroatoms. The fourth-order valence-electron chi connectivity index (χ4n) is 1.66. The van der Waals surface area contributed by atoms with Crippen molar-refractivity contribution in [2.75, 3.05) is 0 Å². The maximum atomic E-state index is 7.52. The van der Waals surface area contributed by atoms with Gasteiger partial charge in [0.05, 0.1) is 0 Å². The molecule has 0 saturated heterocycles. The van der Waals surface area contributed by atoms with E-state index in [9.17, 15) is 0 Å². The quantitative estimate of drug-likeness (QED) is 0.551. The Labute approximate surface area is 79.8 Å². The van der Waals surface area contributed by atoms with Crippen LogP contribution < -0.4 is 0 Å². The van der Waals surface area contributed by atoms with Gasteiger partial charge in [-0.3, -0.25) is 0 Å². The summed E-state index contributed by atoms with van der Waals surface area (Å²) in [4.78, 5) is 0. The fourth-order valence-corrected chi connectivity index (χ4v) is 1.66. The van der Waals surface area contributed by atoms with Gasteiger partial charge in [-0.1, -0.05) is 39.0 Å². The number of rotatable bonds is 0. The van der Waals surface area contributed by atoms with E-state index in [0.717, 1.165) is 11.1 Å². The molecule has 1 aromatic rings. The Bertz CT molecular complexity index is 356. The van der Waals surface area contributed by atoms with Crippen molar-refractivity contribution >= 4 is 0 Å². The molecule has 0 bridgehead atoms. The highest BCUT2D eigenvalue weighted by Crippen LogP contribution is 2.28. The molecule has 0 N–H and O–H groups in total. The first kappa shape index (κ1) is 5.80. The van der Waals surface area contributed by atoms with Gasteiger partial charge in [0.25, 0.3) is 0 Å². The Kier molecular flexibility index (Phi) is 1.42. The lowest BCUT2D eigenvalue weighted by Crippen LogP contribution is -2.14. The highest BCUT2D eigenvalue weighted by Gasteiger charge is 2.17. The highest BCUT2D eigenvalue weighted by molar-refractivity contribution is 5.38. The highest BCUT2D eigenvalue weighted by atomic mass is 14.2. The van der Waals surface area contributed by atoms with Crippen LogP contribution in [0, 0.1) is 13.8 Å². The van der Waals surface area contributed by atoms with Crippen LogP contribution in [0.2, 0.25) is 0 Å². The molecule has 0 saturated carbocycles. The van der Waals surface area contributed by atoms with Crippen molar-refractivity contribution in [1.82, 2.24) is 0 Å². The average molecular weight is 165 g/mol. The minimum Gasteiger partial charge on any atom is -0.0617 e. The van der Waals surface area contributed by atoms with E-state index in [0.29, 0.717) is 5.56 Å². The van der Waals surface area contributed by atoms with Gasteiger partial charge in [-0.15, -0.1) is 0 Å². The van der Waals surface area contributed by atoms with Crippen molar-refractivity contribution < 1.29 is 4.11 Å². The van der Waals surface area contributed by atoms with Crippen LogP contribution in [0.1, 0.15) is 41.6 Å². The lowest BCUT2D eigenvalue weighted by molar-refractivity contribution is 0.582. The first-order valence-corrected chi connectivity index (χ1v) is 4.24. The van der Waals surface area contributed by atoms with E-state index < -0.39 is 6.85 Å². The van der Waals surface area contributed by atoms with Crippen molar-refractivity contribution in [3.63, 3.8) is 0 Å². The molecule has 0 aliphatic rings. The van der Waals surface area contributed by atoms with Gasteiger partial charge in [-0.25, -0.2) is 0 Å². The molecular weight excluding hydrogens is 144 g/mol. The van der Waals surface area contributed by atoms with Crippen LogP contribution in [0.5, 0.6) is 0 Å². The number of hydrogen-bond acceptors (Lipinski definition) is 0. The molecule has 1 rings (SSSR count). The number of aryl methyl sites for hydroxylation is 2. The van der Waals surface area contributed by atoms with Crippen molar-refractivity contribution in [2.45, 2.75) is 40.0 Å². The predicted molar refractivity (Wildman–Crippen MR) is 54.6 cm³/mol. The molecule has 1 aromatic carbocycles. The molecule has 0 unspecified atom stereocenters. The summed E-state index contributed by atoms with van der Waals surface area (Å²) in [6, 6.07) is 5.49. The summed E-state index contributed by atoms with van der Waals surface area (Å²) in [5, 5.41) is 0. The molecule has 12 heavy (non-hydrogen) atoms. The van der Waals surface area contributed by atoms with E-state index in [1.54, 1.807) is 6.07 Å². The molecule has 66 valence electrons. The maximum Gasteiger partial charge on any atom is 0.0280 e. The first-order valence-electron chi connectivity index (χ1n) is 5.74. The normalized spacial score (nSPS) is 16.5. The monoisotopic (exact) mass is 165 g/mol. The minimum absolute atomic E-state index is 0.130. The third-order valence-corrected chi connectivity index (χ3v) is 2.02. The van der Waals surface area contributed by atoms with E-state index in [-0.39, 0.29) is 5.41 Å². The van der Waals surface area contributed by atoms with Crippen molar-refractivity contribution in [1.29, 1.82) is 0 Å². The van der Waals surface area contributed by atoms with E-state index in [4.69, 9.17) is 4.11 Å².